The monoisotopic (exact) mass is 559 g/mol. The summed E-state index contributed by atoms with van der Waals surface area (Å²) in [4.78, 5) is 15.3. The molecule has 0 aliphatic heterocycles. The molecule has 0 fully saturated rings. The second-order valence-corrected chi connectivity index (χ2v) is 10.8. The molecule has 0 atom stereocenters. The highest BCUT2D eigenvalue weighted by Gasteiger charge is 2.12. The van der Waals surface area contributed by atoms with Crippen LogP contribution in [0.2, 0.25) is 0 Å². The molecule has 0 unspecified atom stereocenters. The van der Waals surface area contributed by atoms with Crippen molar-refractivity contribution in [3.05, 3.63) is 34.2 Å². The molecule has 40 heavy (non-hydrogen) atoms. The molecule has 0 amide bonds. The normalized spacial score (nSPS) is 10.8. The molecule has 0 saturated carbocycles. The van der Waals surface area contributed by atoms with Gasteiger partial charge in [0.25, 0.3) is 0 Å². The Morgan fingerprint density at radius 1 is 0.625 bits per heavy atom. The van der Waals surface area contributed by atoms with E-state index in [2.05, 4.69) is 23.9 Å². The van der Waals surface area contributed by atoms with E-state index in [1.807, 2.05) is 6.07 Å². The molecule has 0 saturated heterocycles. The minimum Gasteiger partial charge on any atom is -0.493 e. The Kier molecular flexibility index (Phi) is 23.9. The number of esters is 1. The SMILES string of the molecule is CCCCCCCCCCCCOc1cc(OCCCCCCCCCCCC)cc(C(=O)OCCN=[N+]=[N-])c1. The predicted octanol–water partition coefficient (Wildman–Crippen LogP) is 10.8. The highest BCUT2D eigenvalue weighted by molar-refractivity contribution is 5.90. The average molecular weight is 560 g/mol. The van der Waals surface area contributed by atoms with Gasteiger partial charge < -0.3 is 14.2 Å². The summed E-state index contributed by atoms with van der Waals surface area (Å²) in [5.74, 6) is 0.776. The standard InChI is InChI=1S/C33H57N3O4/c1-3-5-7-9-11-13-15-17-19-21-24-38-31-27-30(33(37)40-26-23-35-36-34)28-32(29-31)39-25-22-20-18-16-14-12-10-8-6-4-2/h27-29H,3-26H2,1-2H3. The summed E-state index contributed by atoms with van der Waals surface area (Å²) in [7, 11) is 0. The minimum atomic E-state index is -0.471. The lowest BCUT2D eigenvalue weighted by Crippen LogP contribution is -2.09. The Morgan fingerprint density at radius 3 is 1.43 bits per heavy atom. The van der Waals surface area contributed by atoms with Crippen LogP contribution in [0.4, 0.5) is 0 Å². The summed E-state index contributed by atoms with van der Waals surface area (Å²) >= 11 is 0. The highest BCUT2D eigenvalue weighted by atomic mass is 16.5. The molecule has 0 aromatic heterocycles. The quantitative estimate of drug-likeness (QED) is 0.0335. The summed E-state index contributed by atoms with van der Waals surface area (Å²) in [5.41, 5.74) is 8.80. The Labute approximate surface area is 244 Å². The third kappa shape index (κ3) is 20.5. The molecule has 228 valence electrons. The zero-order valence-corrected chi connectivity index (χ0v) is 25.7. The Bertz CT molecular complexity index is 752. The third-order valence-corrected chi connectivity index (χ3v) is 7.14. The maximum absolute atomic E-state index is 12.6. The minimum absolute atomic E-state index is 0.0430. The van der Waals surface area contributed by atoms with Crippen LogP contribution in [-0.2, 0) is 4.74 Å². The lowest BCUT2D eigenvalue weighted by atomic mass is 10.1. The number of nitrogens with zero attached hydrogens (tertiary/aromatic N) is 3. The van der Waals surface area contributed by atoms with Gasteiger partial charge in [0, 0.05) is 11.0 Å². The van der Waals surface area contributed by atoms with E-state index >= 15 is 0 Å². The first kappa shape index (κ1) is 35.6. The molecule has 1 aromatic rings. The van der Waals surface area contributed by atoms with Crippen molar-refractivity contribution in [1.29, 1.82) is 0 Å². The van der Waals surface area contributed by atoms with Gasteiger partial charge in [0.15, 0.2) is 0 Å². The van der Waals surface area contributed by atoms with Crippen LogP contribution in [0.15, 0.2) is 23.3 Å². The van der Waals surface area contributed by atoms with Crippen molar-refractivity contribution >= 4 is 5.97 Å². The maximum Gasteiger partial charge on any atom is 0.338 e. The second kappa shape index (κ2) is 26.8. The van der Waals surface area contributed by atoms with Gasteiger partial charge in [-0.05, 0) is 30.5 Å². The van der Waals surface area contributed by atoms with Gasteiger partial charge in [-0.15, -0.1) is 0 Å². The molecule has 7 nitrogen and oxygen atoms in total. The van der Waals surface area contributed by atoms with Gasteiger partial charge in [0.2, 0.25) is 0 Å². The fraction of sp³-hybridized carbons (Fsp3) is 0.788. The average Bonchev–Trinajstić information content (AvgIpc) is 2.96. The largest absolute Gasteiger partial charge is 0.493 e. The lowest BCUT2D eigenvalue weighted by Gasteiger charge is -2.12. The number of carbonyl (C=O) groups excluding carboxylic acids is 1. The van der Waals surface area contributed by atoms with Gasteiger partial charge in [0.1, 0.15) is 11.5 Å². The van der Waals surface area contributed by atoms with Gasteiger partial charge in [0.05, 0.1) is 31.9 Å². The predicted molar refractivity (Wildman–Crippen MR) is 165 cm³/mol. The van der Waals surface area contributed by atoms with Crippen LogP contribution in [0.25, 0.3) is 10.4 Å². The Hall–Kier alpha value is -2.40. The smallest absolute Gasteiger partial charge is 0.338 e. The van der Waals surface area contributed by atoms with E-state index in [1.165, 1.54) is 103 Å². The molecule has 1 rings (SSSR count). The number of ether oxygens (including phenoxy) is 3. The van der Waals surface area contributed by atoms with Gasteiger partial charge >= 0.3 is 5.97 Å². The van der Waals surface area contributed by atoms with E-state index in [0.717, 1.165) is 25.7 Å². The Morgan fingerprint density at radius 2 is 1.02 bits per heavy atom. The van der Waals surface area contributed by atoms with Crippen molar-refractivity contribution in [3.63, 3.8) is 0 Å². The molecule has 0 N–H and O–H groups in total. The molecule has 0 aliphatic carbocycles. The van der Waals surface area contributed by atoms with Crippen molar-refractivity contribution in [1.82, 2.24) is 0 Å². The molecule has 0 heterocycles. The summed E-state index contributed by atoms with van der Waals surface area (Å²) in [6.07, 6.45) is 25.5. The first-order valence-corrected chi connectivity index (χ1v) is 16.3. The number of azide groups is 1. The number of benzene rings is 1. The molecule has 1 aromatic carbocycles. The zero-order chi connectivity index (χ0) is 28.9. The van der Waals surface area contributed by atoms with Crippen molar-refractivity contribution < 1.29 is 19.0 Å². The fourth-order valence-corrected chi connectivity index (χ4v) is 4.72. The fourth-order valence-electron chi connectivity index (χ4n) is 4.72. The van der Waals surface area contributed by atoms with Crippen LogP contribution in [0, 0.1) is 0 Å². The van der Waals surface area contributed by atoms with Crippen LogP contribution < -0.4 is 9.47 Å². The number of rotatable bonds is 28. The van der Waals surface area contributed by atoms with E-state index in [4.69, 9.17) is 19.7 Å². The van der Waals surface area contributed by atoms with Gasteiger partial charge in [-0.3, -0.25) is 0 Å². The van der Waals surface area contributed by atoms with Crippen molar-refractivity contribution in [2.45, 2.75) is 142 Å². The molecule has 0 spiro atoms. The first-order valence-electron chi connectivity index (χ1n) is 16.3. The van der Waals surface area contributed by atoms with E-state index < -0.39 is 5.97 Å². The van der Waals surface area contributed by atoms with Crippen molar-refractivity contribution in [2.75, 3.05) is 26.4 Å². The van der Waals surface area contributed by atoms with Crippen LogP contribution in [0.1, 0.15) is 153 Å². The third-order valence-electron chi connectivity index (χ3n) is 7.14. The number of carbonyl (C=O) groups is 1. The molecule has 0 radical (unpaired) electrons. The first-order chi connectivity index (χ1) is 19.7. The molecule has 0 aliphatic rings. The van der Waals surface area contributed by atoms with Gasteiger partial charge in [-0.2, -0.15) is 0 Å². The highest BCUT2D eigenvalue weighted by Crippen LogP contribution is 2.25. The lowest BCUT2D eigenvalue weighted by molar-refractivity contribution is 0.0516. The van der Waals surface area contributed by atoms with Gasteiger partial charge in [-0.1, -0.05) is 135 Å². The topological polar surface area (TPSA) is 93.5 Å². The summed E-state index contributed by atoms with van der Waals surface area (Å²) in [6.45, 7) is 5.89. The number of hydrogen-bond donors (Lipinski definition) is 0. The number of unbranched alkanes of at least 4 members (excludes halogenated alkanes) is 18. The zero-order valence-electron chi connectivity index (χ0n) is 25.7. The molecular formula is C33H57N3O4. The van der Waals surface area contributed by atoms with E-state index in [-0.39, 0.29) is 13.2 Å². The Balaban J connectivity index is 2.41. The molecule has 0 bridgehead atoms. The van der Waals surface area contributed by atoms with Crippen LogP contribution in [-0.4, -0.2) is 32.3 Å². The summed E-state index contributed by atoms with van der Waals surface area (Å²) < 4.78 is 17.3. The van der Waals surface area contributed by atoms with Crippen molar-refractivity contribution in [2.24, 2.45) is 5.11 Å². The van der Waals surface area contributed by atoms with E-state index in [0.29, 0.717) is 30.3 Å². The number of hydrogen-bond acceptors (Lipinski definition) is 5. The second-order valence-electron chi connectivity index (χ2n) is 10.8. The van der Waals surface area contributed by atoms with Gasteiger partial charge in [-0.25, -0.2) is 4.79 Å². The van der Waals surface area contributed by atoms with Crippen LogP contribution >= 0.6 is 0 Å². The van der Waals surface area contributed by atoms with E-state index in [1.54, 1.807) is 12.1 Å². The molecule has 7 heteroatoms. The summed E-state index contributed by atoms with van der Waals surface area (Å²) in [5, 5.41) is 3.41. The molecular weight excluding hydrogens is 502 g/mol. The van der Waals surface area contributed by atoms with E-state index in [9.17, 15) is 4.79 Å². The maximum atomic E-state index is 12.6. The summed E-state index contributed by atoms with van der Waals surface area (Å²) in [6, 6.07) is 5.28. The van der Waals surface area contributed by atoms with Crippen LogP contribution in [0.3, 0.4) is 0 Å². The van der Waals surface area contributed by atoms with Crippen molar-refractivity contribution in [3.8, 4) is 11.5 Å². The van der Waals surface area contributed by atoms with Crippen LogP contribution in [0.5, 0.6) is 11.5 Å².